The van der Waals surface area contributed by atoms with Crippen molar-refractivity contribution in [3.8, 4) is 34.5 Å². The maximum atomic E-state index is 15.5. The molecule has 0 spiro atoms. The first-order valence-electron chi connectivity index (χ1n) is 26.1. The lowest BCUT2D eigenvalue weighted by molar-refractivity contribution is -0.384. The fourth-order valence-corrected chi connectivity index (χ4v) is 12.0. The van der Waals surface area contributed by atoms with Crippen molar-refractivity contribution in [1.29, 1.82) is 0 Å². The van der Waals surface area contributed by atoms with Gasteiger partial charge in [-0.2, -0.15) is 0 Å². The summed E-state index contributed by atoms with van der Waals surface area (Å²) < 4.78 is 38.3. The number of nitrogens with zero attached hydrogens (tertiary/aromatic N) is 3. The molecule has 392 valence electrons. The Bertz CT molecular complexity index is 2700. The van der Waals surface area contributed by atoms with E-state index in [0.717, 1.165) is 80.8 Å². The molecule has 16 nitrogen and oxygen atoms in total. The van der Waals surface area contributed by atoms with Gasteiger partial charge in [-0.05, 0) is 127 Å². The Hall–Kier alpha value is -6.75. The molecule has 74 heavy (non-hydrogen) atoms. The number of nitro benzene ring substituents is 1. The summed E-state index contributed by atoms with van der Waals surface area (Å²) in [5, 5.41) is 36.7. The number of aliphatic hydroxyl groups is 2. The highest BCUT2D eigenvalue weighted by Gasteiger charge is 2.65. The number of fused-ring (bicyclic) bond motifs is 3. The first-order chi connectivity index (χ1) is 36.2. The molecule has 2 N–H and O–H groups in total. The largest absolute Gasteiger partial charge is 0.496 e. The third-order valence-electron chi connectivity index (χ3n) is 15.5. The van der Waals surface area contributed by atoms with Gasteiger partial charge in [0.2, 0.25) is 18.5 Å². The quantitative estimate of drug-likeness (QED) is 0.0209. The zero-order valence-electron chi connectivity index (χ0n) is 42.1. The van der Waals surface area contributed by atoms with Gasteiger partial charge in [-0.15, -0.1) is 6.58 Å². The maximum absolute atomic E-state index is 15.5. The number of aldehydes is 1. The first kappa shape index (κ1) is 52.1. The van der Waals surface area contributed by atoms with Gasteiger partial charge in [-0.3, -0.25) is 19.7 Å². The molecule has 5 aliphatic rings. The summed E-state index contributed by atoms with van der Waals surface area (Å²) in [6.07, 6.45) is 14.6. The number of allylic oxidation sites excluding steroid dienone is 1. The van der Waals surface area contributed by atoms with Gasteiger partial charge in [0.25, 0.3) is 5.69 Å². The maximum Gasteiger partial charge on any atom is 0.269 e. The number of nitro groups is 1. The Labute approximate surface area is 432 Å². The van der Waals surface area contributed by atoms with Crippen LogP contribution < -0.4 is 23.7 Å². The van der Waals surface area contributed by atoms with E-state index in [9.17, 15) is 25.1 Å². The normalized spacial score (nSPS) is 23.0. The van der Waals surface area contributed by atoms with E-state index < -0.39 is 22.7 Å². The fourth-order valence-electron chi connectivity index (χ4n) is 12.0. The number of oxime groups is 1. The van der Waals surface area contributed by atoms with E-state index >= 15 is 4.79 Å². The number of hydrogen-bond acceptors (Lipinski definition) is 14. The van der Waals surface area contributed by atoms with Crippen LogP contribution in [0.25, 0.3) is 0 Å². The number of carbonyl (C=O) groups is 2. The lowest BCUT2D eigenvalue weighted by Gasteiger charge is -2.60. The van der Waals surface area contributed by atoms with E-state index in [1.54, 1.807) is 36.4 Å². The van der Waals surface area contributed by atoms with Crippen molar-refractivity contribution in [1.82, 2.24) is 4.90 Å². The predicted molar refractivity (Wildman–Crippen MR) is 276 cm³/mol. The molecular formula is C58H67N3O13. The van der Waals surface area contributed by atoms with E-state index in [1.165, 1.54) is 19.2 Å². The average molecular weight is 1010 g/mol. The highest BCUT2D eigenvalue weighted by atomic mass is 16.7. The Balaban J connectivity index is 1.22. The van der Waals surface area contributed by atoms with Gasteiger partial charge in [0.15, 0.2) is 17.8 Å². The van der Waals surface area contributed by atoms with E-state index in [-0.39, 0.29) is 75.5 Å². The second kappa shape index (κ2) is 24.1. The lowest BCUT2D eigenvalue weighted by Crippen LogP contribution is -2.70. The van der Waals surface area contributed by atoms with Crippen LogP contribution in [0, 0.1) is 33.8 Å². The molecule has 1 amide bonds. The van der Waals surface area contributed by atoms with Crippen LogP contribution in [0.2, 0.25) is 0 Å². The summed E-state index contributed by atoms with van der Waals surface area (Å²) in [6.45, 7) is 4.58. The minimum Gasteiger partial charge on any atom is -0.496 e. The second-order valence-electron chi connectivity index (χ2n) is 20.0. The van der Waals surface area contributed by atoms with E-state index in [4.69, 9.17) is 38.4 Å². The monoisotopic (exact) mass is 1010 g/mol. The standard InChI is InChI=1S/C58H67N3O13/c1-3-28-71-58-54(60(55(65)25-17-38-10-4-5-11-38)34-40-16-22-52-53(29-40)70-37-69-52)33-49(59-72-36-39-14-18-43(19-15-39)61(66)67)47-31-41(12-6-8-26-62)46(13-7-9-27-63)56(57(47)58)48-32-45(21-24-51(48)74-58)73-44-20-23-50(68-2)42(30-44)35-64/h3,14-16,18-24,29-32,35,38,41,46,54,56-57,62-63H,1,4-13,17,25-28,33-34,36-37H2,2H3. The number of rotatable bonds is 25. The number of methoxy groups -OCH3 is 1. The summed E-state index contributed by atoms with van der Waals surface area (Å²) >= 11 is 0. The molecule has 2 heterocycles. The number of amides is 1. The minimum absolute atomic E-state index is 0.0216. The molecule has 4 aromatic carbocycles. The summed E-state index contributed by atoms with van der Waals surface area (Å²) in [4.78, 5) is 46.8. The zero-order chi connectivity index (χ0) is 51.6. The topological polar surface area (TPSA) is 198 Å². The highest BCUT2D eigenvalue weighted by molar-refractivity contribution is 6.03. The van der Waals surface area contributed by atoms with Gasteiger partial charge in [-0.25, -0.2) is 0 Å². The van der Waals surface area contributed by atoms with Crippen molar-refractivity contribution in [2.75, 3.05) is 33.7 Å². The van der Waals surface area contributed by atoms with Crippen LogP contribution >= 0.6 is 0 Å². The van der Waals surface area contributed by atoms with Crippen molar-refractivity contribution < 1.29 is 58.0 Å². The van der Waals surface area contributed by atoms with Gasteiger partial charge >= 0.3 is 0 Å². The molecule has 2 fully saturated rings. The minimum atomic E-state index is -1.52. The number of non-ortho nitro benzene ring substituents is 1. The van der Waals surface area contributed by atoms with Crippen molar-refractivity contribution in [3.63, 3.8) is 0 Å². The molecule has 6 unspecified atom stereocenters. The number of carbonyl (C=O) groups excluding carboxylic acids is 2. The van der Waals surface area contributed by atoms with Crippen LogP contribution in [0.1, 0.15) is 116 Å². The summed E-state index contributed by atoms with van der Waals surface area (Å²) in [5.41, 5.74) is 4.15. The van der Waals surface area contributed by atoms with Crippen molar-refractivity contribution in [3.05, 3.63) is 136 Å². The first-order valence-corrected chi connectivity index (χ1v) is 26.1. The highest BCUT2D eigenvalue weighted by Crippen LogP contribution is 2.62. The lowest BCUT2D eigenvalue weighted by atomic mass is 9.55. The number of benzene rings is 4. The van der Waals surface area contributed by atoms with E-state index in [0.29, 0.717) is 76.5 Å². The average Bonchev–Trinajstić information content (AvgIpc) is 4.15. The second-order valence-corrected chi connectivity index (χ2v) is 20.0. The molecular weight excluding hydrogens is 947 g/mol. The fraction of sp³-hybridized carbons (Fsp3) is 0.466. The Kier molecular flexibility index (Phi) is 17.0. The molecule has 9 rings (SSSR count). The van der Waals surface area contributed by atoms with Crippen LogP contribution in [0.5, 0.6) is 34.5 Å². The van der Waals surface area contributed by atoms with Crippen molar-refractivity contribution in [2.24, 2.45) is 28.8 Å². The van der Waals surface area contributed by atoms with Gasteiger partial charge in [0.1, 0.15) is 35.6 Å². The van der Waals surface area contributed by atoms with Crippen molar-refractivity contribution >= 4 is 23.6 Å². The molecule has 0 aromatic heterocycles. The van der Waals surface area contributed by atoms with Gasteiger partial charge in [-0.1, -0.05) is 61.9 Å². The Morgan fingerprint density at radius 1 is 0.905 bits per heavy atom. The van der Waals surface area contributed by atoms with E-state index in [2.05, 4.69) is 12.7 Å². The SMILES string of the molecule is C=CCOC12Oc3ccc(Oc4ccc(OC)c(C=O)c4)cc3C3C(CCCCO)C(CCCCO)C=C(C(=NOCc4ccc([N+](=O)[O-])cc4)CC1N(Cc1ccc4c(c1)OCO4)C(=O)CCC1CCCC1)C32. The van der Waals surface area contributed by atoms with Crippen LogP contribution in [0.3, 0.4) is 0 Å². The van der Waals surface area contributed by atoms with Gasteiger partial charge in [0.05, 0.1) is 35.8 Å². The van der Waals surface area contributed by atoms with Crippen LogP contribution in [0.4, 0.5) is 5.69 Å². The number of unbranched alkanes of at least 4 members (excludes halogenated alkanes) is 2. The third-order valence-corrected chi connectivity index (χ3v) is 15.5. The van der Waals surface area contributed by atoms with Crippen LogP contribution in [-0.2, 0) is 27.5 Å². The molecule has 4 aromatic rings. The molecule has 2 saturated carbocycles. The molecule has 0 bridgehead atoms. The Morgan fingerprint density at radius 2 is 1.64 bits per heavy atom. The van der Waals surface area contributed by atoms with E-state index in [1.807, 2.05) is 41.3 Å². The number of ether oxygens (including phenoxy) is 6. The zero-order valence-corrected chi connectivity index (χ0v) is 42.1. The summed E-state index contributed by atoms with van der Waals surface area (Å²) in [6, 6.07) is 21.9. The predicted octanol–water partition coefficient (Wildman–Crippen LogP) is 10.8. The van der Waals surface area contributed by atoms with Crippen LogP contribution in [-0.4, -0.2) is 83.5 Å². The van der Waals surface area contributed by atoms with Crippen LogP contribution in [0.15, 0.2) is 108 Å². The number of hydrogen-bond donors (Lipinski definition) is 2. The van der Waals surface area contributed by atoms with Crippen molar-refractivity contribution in [2.45, 2.75) is 114 Å². The van der Waals surface area contributed by atoms with Gasteiger partial charge in [0, 0.05) is 56.2 Å². The molecule has 3 aliphatic carbocycles. The summed E-state index contributed by atoms with van der Waals surface area (Å²) in [5.74, 6) is 1.02. The molecule has 2 aliphatic heterocycles. The summed E-state index contributed by atoms with van der Waals surface area (Å²) in [7, 11) is 1.51. The molecule has 16 heteroatoms. The van der Waals surface area contributed by atoms with Gasteiger partial charge < -0.3 is 48.4 Å². The third kappa shape index (κ3) is 11.3. The number of aliphatic hydroxyl groups excluding tert-OH is 2. The molecule has 6 atom stereocenters. The molecule has 0 radical (unpaired) electrons. The smallest absolute Gasteiger partial charge is 0.269 e. The molecule has 0 saturated heterocycles. The Morgan fingerprint density at radius 3 is 2.38 bits per heavy atom.